The average molecular weight is 256 g/mol. The fourth-order valence-electron chi connectivity index (χ4n) is 1.44. The number of hydrogen-bond acceptors (Lipinski definition) is 2. The standard InChI is InChI=1S/C12H11F3N2O/c1-8-11(7-16-17(8)2)18-10-5-3-4-9(6-10)12(13,14)15/h3-7H,1-2H3. The summed E-state index contributed by atoms with van der Waals surface area (Å²) in [7, 11) is 1.73. The van der Waals surface area contributed by atoms with Crippen molar-refractivity contribution in [1.29, 1.82) is 0 Å². The summed E-state index contributed by atoms with van der Waals surface area (Å²) < 4.78 is 44.5. The summed E-state index contributed by atoms with van der Waals surface area (Å²) >= 11 is 0. The van der Waals surface area contributed by atoms with Crippen molar-refractivity contribution < 1.29 is 17.9 Å². The molecule has 0 bridgehead atoms. The highest BCUT2D eigenvalue weighted by Crippen LogP contribution is 2.33. The van der Waals surface area contributed by atoms with Crippen LogP contribution in [0.2, 0.25) is 0 Å². The monoisotopic (exact) mass is 256 g/mol. The van der Waals surface area contributed by atoms with Crippen LogP contribution in [0.15, 0.2) is 30.5 Å². The molecule has 6 heteroatoms. The number of alkyl halides is 3. The third-order valence-electron chi connectivity index (χ3n) is 2.58. The lowest BCUT2D eigenvalue weighted by atomic mass is 10.2. The first kappa shape index (κ1) is 12.5. The zero-order valence-corrected chi connectivity index (χ0v) is 9.82. The Morgan fingerprint density at radius 1 is 1.28 bits per heavy atom. The Kier molecular flexibility index (Phi) is 3.02. The van der Waals surface area contributed by atoms with Gasteiger partial charge in [0.05, 0.1) is 17.5 Å². The maximum absolute atomic E-state index is 12.5. The molecule has 2 rings (SSSR count). The minimum absolute atomic E-state index is 0.140. The van der Waals surface area contributed by atoms with Gasteiger partial charge >= 0.3 is 6.18 Å². The molecule has 0 aliphatic carbocycles. The van der Waals surface area contributed by atoms with E-state index < -0.39 is 11.7 Å². The number of aryl methyl sites for hydroxylation is 1. The fraction of sp³-hybridized carbons (Fsp3) is 0.250. The lowest BCUT2D eigenvalue weighted by molar-refractivity contribution is -0.137. The molecule has 0 saturated carbocycles. The molecule has 0 aliphatic rings. The number of halogens is 3. The topological polar surface area (TPSA) is 27.1 Å². The minimum Gasteiger partial charge on any atom is -0.454 e. The van der Waals surface area contributed by atoms with Crippen LogP contribution >= 0.6 is 0 Å². The van der Waals surface area contributed by atoms with E-state index in [1.165, 1.54) is 18.3 Å². The number of nitrogens with zero attached hydrogens (tertiary/aromatic N) is 2. The Morgan fingerprint density at radius 3 is 2.56 bits per heavy atom. The van der Waals surface area contributed by atoms with E-state index in [-0.39, 0.29) is 5.75 Å². The molecular formula is C12H11F3N2O. The normalized spacial score (nSPS) is 11.6. The van der Waals surface area contributed by atoms with Gasteiger partial charge < -0.3 is 4.74 Å². The second-order valence-corrected chi connectivity index (χ2v) is 3.85. The van der Waals surface area contributed by atoms with Gasteiger partial charge in [0, 0.05) is 7.05 Å². The van der Waals surface area contributed by atoms with Crippen molar-refractivity contribution in [2.45, 2.75) is 13.1 Å². The van der Waals surface area contributed by atoms with Crippen LogP contribution in [0.25, 0.3) is 0 Å². The largest absolute Gasteiger partial charge is 0.454 e. The van der Waals surface area contributed by atoms with Gasteiger partial charge in [0.1, 0.15) is 5.75 Å². The van der Waals surface area contributed by atoms with E-state index in [1.807, 2.05) is 0 Å². The predicted molar refractivity (Wildman–Crippen MR) is 59.5 cm³/mol. The molecule has 0 saturated heterocycles. The van der Waals surface area contributed by atoms with E-state index in [0.29, 0.717) is 5.75 Å². The molecule has 1 aromatic carbocycles. The van der Waals surface area contributed by atoms with Crippen LogP contribution in [0.3, 0.4) is 0 Å². The summed E-state index contributed by atoms with van der Waals surface area (Å²) in [5.74, 6) is 0.581. The molecular weight excluding hydrogens is 245 g/mol. The number of hydrogen-bond donors (Lipinski definition) is 0. The van der Waals surface area contributed by atoms with Gasteiger partial charge in [-0.2, -0.15) is 18.3 Å². The van der Waals surface area contributed by atoms with Crippen molar-refractivity contribution in [3.63, 3.8) is 0 Å². The summed E-state index contributed by atoms with van der Waals surface area (Å²) in [6, 6.07) is 4.75. The SMILES string of the molecule is Cc1c(Oc2cccc(C(F)(F)F)c2)cnn1C. The Bertz CT molecular complexity index is 561. The van der Waals surface area contributed by atoms with Crippen molar-refractivity contribution in [1.82, 2.24) is 9.78 Å². The molecule has 0 amide bonds. The molecule has 18 heavy (non-hydrogen) atoms. The van der Waals surface area contributed by atoms with Gasteiger partial charge in [0.25, 0.3) is 0 Å². The Labute approximate surface area is 102 Å². The van der Waals surface area contributed by atoms with Gasteiger partial charge in [0.15, 0.2) is 5.75 Å². The quantitative estimate of drug-likeness (QED) is 0.821. The van der Waals surface area contributed by atoms with Gasteiger partial charge in [-0.25, -0.2) is 0 Å². The maximum atomic E-state index is 12.5. The minimum atomic E-state index is -4.37. The smallest absolute Gasteiger partial charge is 0.416 e. The molecule has 0 unspecified atom stereocenters. The van der Waals surface area contributed by atoms with Gasteiger partial charge in [-0.3, -0.25) is 4.68 Å². The van der Waals surface area contributed by atoms with Crippen LogP contribution in [0, 0.1) is 6.92 Å². The van der Waals surface area contributed by atoms with Crippen molar-refractivity contribution >= 4 is 0 Å². The van der Waals surface area contributed by atoms with E-state index >= 15 is 0 Å². The molecule has 0 aliphatic heterocycles. The summed E-state index contributed by atoms with van der Waals surface area (Å²) in [5, 5.41) is 3.95. The number of aromatic nitrogens is 2. The average Bonchev–Trinajstić information content (AvgIpc) is 2.60. The third-order valence-corrected chi connectivity index (χ3v) is 2.58. The van der Waals surface area contributed by atoms with Crippen LogP contribution in [-0.2, 0) is 13.2 Å². The molecule has 2 aromatic rings. The molecule has 3 nitrogen and oxygen atoms in total. The fourth-order valence-corrected chi connectivity index (χ4v) is 1.44. The first-order valence-electron chi connectivity index (χ1n) is 5.21. The molecule has 96 valence electrons. The second-order valence-electron chi connectivity index (χ2n) is 3.85. The zero-order chi connectivity index (χ0) is 13.3. The predicted octanol–water partition coefficient (Wildman–Crippen LogP) is 3.54. The zero-order valence-electron chi connectivity index (χ0n) is 9.82. The first-order valence-corrected chi connectivity index (χ1v) is 5.21. The van der Waals surface area contributed by atoms with Crippen molar-refractivity contribution in [2.75, 3.05) is 0 Å². The highest BCUT2D eigenvalue weighted by Gasteiger charge is 2.30. The van der Waals surface area contributed by atoms with E-state index in [4.69, 9.17) is 4.74 Å². The van der Waals surface area contributed by atoms with E-state index in [0.717, 1.165) is 17.8 Å². The lowest BCUT2D eigenvalue weighted by Gasteiger charge is -2.09. The first-order chi connectivity index (χ1) is 8.38. The lowest BCUT2D eigenvalue weighted by Crippen LogP contribution is -2.04. The highest BCUT2D eigenvalue weighted by atomic mass is 19.4. The summed E-state index contributed by atoms with van der Waals surface area (Å²) in [6.45, 7) is 1.77. The third kappa shape index (κ3) is 2.47. The van der Waals surface area contributed by atoms with Gasteiger partial charge in [-0.15, -0.1) is 0 Å². The Hall–Kier alpha value is -1.98. The molecule has 0 atom stereocenters. The summed E-state index contributed by atoms with van der Waals surface area (Å²) in [4.78, 5) is 0. The van der Waals surface area contributed by atoms with Gasteiger partial charge in [-0.05, 0) is 25.1 Å². The molecule has 0 spiro atoms. The molecule has 1 aromatic heterocycles. The molecule has 0 radical (unpaired) electrons. The Morgan fingerprint density at radius 2 is 2.00 bits per heavy atom. The van der Waals surface area contributed by atoms with Gasteiger partial charge in [0.2, 0.25) is 0 Å². The summed E-state index contributed by atoms with van der Waals surface area (Å²) in [5.41, 5.74) is 0.00829. The van der Waals surface area contributed by atoms with Crippen molar-refractivity contribution in [2.24, 2.45) is 7.05 Å². The number of rotatable bonds is 2. The number of benzene rings is 1. The molecule has 1 heterocycles. The second kappa shape index (κ2) is 4.36. The van der Waals surface area contributed by atoms with Gasteiger partial charge in [-0.1, -0.05) is 6.07 Å². The van der Waals surface area contributed by atoms with Crippen molar-refractivity contribution in [3.05, 3.63) is 41.7 Å². The Balaban J connectivity index is 2.28. The summed E-state index contributed by atoms with van der Waals surface area (Å²) in [6.07, 6.45) is -2.90. The number of ether oxygens (including phenoxy) is 1. The highest BCUT2D eigenvalue weighted by molar-refractivity contribution is 5.35. The van der Waals surface area contributed by atoms with E-state index in [9.17, 15) is 13.2 Å². The van der Waals surface area contributed by atoms with E-state index in [2.05, 4.69) is 5.10 Å². The van der Waals surface area contributed by atoms with Crippen LogP contribution in [0.4, 0.5) is 13.2 Å². The molecule has 0 N–H and O–H groups in total. The van der Waals surface area contributed by atoms with Crippen LogP contribution in [0.1, 0.15) is 11.3 Å². The van der Waals surface area contributed by atoms with Crippen molar-refractivity contribution in [3.8, 4) is 11.5 Å². The van der Waals surface area contributed by atoms with Crippen LogP contribution < -0.4 is 4.74 Å². The molecule has 0 fully saturated rings. The maximum Gasteiger partial charge on any atom is 0.416 e. The van der Waals surface area contributed by atoms with Crippen LogP contribution in [-0.4, -0.2) is 9.78 Å². The van der Waals surface area contributed by atoms with Crippen LogP contribution in [0.5, 0.6) is 11.5 Å². The van der Waals surface area contributed by atoms with E-state index in [1.54, 1.807) is 18.7 Å².